The molecule has 0 radical (unpaired) electrons. The SMILES string of the molecule is C=CCC(C)C(CC(Cc1ccc(OC)cc1)O[Si](c1ccccc1)(c1ccccc1)C(C)(C)C)S(N)(=O)=O. The Morgan fingerprint density at radius 3 is 1.85 bits per heavy atom. The van der Waals surface area contributed by atoms with Crippen LogP contribution < -0.4 is 20.2 Å². The van der Waals surface area contributed by atoms with E-state index in [2.05, 4.69) is 51.6 Å². The van der Waals surface area contributed by atoms with Gasteiger partial charge in [-0.2, -0.15) is 0 Å². The molecule has 7 heteroatoms. The lowest BCUT2D eigenvalue weighted by Gasteiger charge is -2.46. The van der Waals surface area contributed by atoms with Crippen molar-refractivity contribution < 1.29 is 17.6 Å². The van der Waals surface area contributed by atoms with Gasteiger partial charge in [-0.3, -0.25) is 0 Å². The molecule has 0 aliphatic heterocycles. The number of ether oxygens (including phenoxy) is 1. The quantitative estimate of drug-likeness (QED) is 0.221. The van der Waals surface area contributed by atoms with Crippen molar-refractivity contribution in [3.05, 3.63) is 103 Å². The fraction of sp³-hybridized carbons (Fsp3) is 0.375. The van der Waals surface area contributed by atoms with E-state index in [0.717, 1.165) is 21.7 Å². The number of methoxy groups -OCH3 is 1. The van der Waals surface area contributed by atoms with Gasteiger partial charge in [0.2, 0.25) is 10.0 Å². The molecule has 0 aromatic heterocycles. The fourth-order valence-electron chi connectivity index (χ4n) is 5.50. The predicted molar refractivity (Wildman–Crippen MR) is 165 cm³/mol. The zero-order valence-corrected chi connectivity index (χ0v) is 25.7. The minimum absolute atomic E-state index is 0.196. The highest BCUT2D eigenvalue weighted by atomic mass is 32.2. The number of rotatable bonds is 13. The highest BCUT2D eigenvalue weighted by molar-refractivity contribution is 7.89. The van der Waals surface area contributed by atoms with Gasteiger partial charge < -0.3 is 9.16 Å². The molecule has 0 spiro atoms. The Hall–Kier alpha value is -2.71. The van der Waals surface area contributed by atoms with E-state index < -0.39 is 29.7 Å². The minimum atomic E-state index is -3.84. The van der Waals surface area contributed by atoms with Crippen LogP contribution in [0.4, 0.5) is 0 Å². The fourth-order valence-corrected chi connectivity index (χ4v) is 11.4. The van der Waals surface area contributed by atoms with E-state index >= 15 is 0 Å². The monoisotopic (exact) mass is 565 g/mol. The van der Waals surface area contributed by atoms with Crippen LogP contribution in [0.15, 0.2) is 97.6 Å². The van der Waals surface area contributed by atoms with Crippen molar-refractivity contribution in [3.8, 4) is 5.75 Å². The third kappa shape index (κ3) is 7.48. The zero-order chi connectivity index (χ0) is 28.7. The summed E-state index contributed by atoms with van der Waals surface area (Å²) in [7, 11) is -5.14. The number of allylic oxidation sites excluding steroid dienone is 1. The number of primary sulfonamides is 1. The van der Waals surface area contributed by atoms with Crippen LogP contribution >= 0.6 is 0 Å². The van der Waals surface area contributed by atoms with Crippen LogP contribution in [-0.4, -0.2) is 35.2 Å². The first-order chi connectivity index (χ1) is 18.4. The topological polar surface area (TPSA) is 78.6 Å². The van der Waals surface area contributed by atoms with E-state index in [1.54, 1.807) is 13.2 Å². The lowest BCUT2D eigenvalue weighted by atomic mass is 9.96. The van der Waals surface area contributed by atoms with Gasteiger partial charge in [-0.25, -0.2) is 13.6 Å². The molecular weight excluding hydrogens is 523 g/mol. The van der Waals surface area contributed by atoms with E-state index in [0.29, 0.717) is 12.8 Å². The summed E-state index contributed by atoms with van der Waals surface area (Å²) < 4.78 is 38.6. The standard InChI is InChI=1S/C32H43NO4SSi/c1-7-14-25(2)31(38(33,34)35)24-28(23-26-19-21-27(36-6)22-20-26)37-39(32(3,4)5,29-15-10-8-11-16-29)30-17-12-9-13-18-30/h7-13,15-22,25,28,31H,1,14,23-24H2,2-6H3,(H2,33,34,35). The van der Waals surface area contributed by atoms with Crippen LogP contribution in [0.5, 0.6) is 5.75 Å². The highest BCUT2D eigenvalue weighted by Gasteiger charge is 2.51. The van der Waals surface area contributed by atoms with Crippen molar-refractivity contribution in [2.45, 2.75) is 63.3 Å². The average molecular weight is 566 g/mol. The summed E-state index contributed by atoms with van der Waals surface area (Å²) in [5, 5.41) is 7.12. The van der Waals surface area contributed by atoms with E-state index in [9.17, 15) is 8.42 Å². The van der Waals surface area contributed by atoms with Crippen molar-refractivity contribution in [2.75, 3.05) is 7.11 Å². The largest absolute Gasteiger partial charge is 0.497 e. The van der Waals surface area contributed by atoms with Gasteiger partial charge in [0.1, 0.15) is 5.75 Å². The molecule has 210 valence electrons. The van der Waals surface area contributed by atoms with Crippen LogP contribution in [-0.2, 0) is 20.9 Å². The van der Waals surface area contributed by atoms with Crippen LogP contribution in [0.25, 0.3) is 0 Å². The second kappa shape index (κ2) is 13.1. The summed E-state index contributed by atoms with van der Waals surface area (Å²) in [6.45, 7) is 12.4. The van der Waals surface area contributed by atoms with E-state index in [1.165, 1.54) is 0 Å². The van der Waals surface area contributed by atoms with Crippen molar-refractivity contribution >= 4 is 28.7 Å². The second-order valence-corrected chi connectivity index (χ2v) is 17.4. The highest BCUT2D eigenvalue weighted by Crippen LogP contribution is 2.39. The Morgan fingerprint density at radius 2 is 1.44 bits per heavy atom. The molecule has 0 saturated carbocycles. The Kier molecular flexibility index (Phi) is 10.3. The lowest BCUT2D eigenvalue weighted by Crippen LogP contribution is -2.68. The summed E-state index contributed by atoms with van der Waals surface area (Å²) >= 11 is 0. The Bertz CT molecular complexity index is 1250. The van der Waals surface area contributed by atoms with Crippen molar-refractivity contribution in [3.63, 3.8) is 0 Å². The summed E-state index contributed by atoms with van der Waals surface area (Å²) in [6.07, 6.45) is 2.73. The van der Waals surface area contributed by atoms with Gasteiger partial charge in [0.15, 0.2) is 0 Å². The third-order valence-corrected chi connectivity index (χ3v) is 14.1. The predicted octanol–water partition coefficient (Wildman–Crippen LogP) is 5.44. The first kappa shape index (κ1) is 30.8. The molecule has 0 bridgehead atoms. The molecule has 0 fully saturated rings. The average Bonchev–Trinajstić information content (AvgIpc) is 2.90. The first-order valence-electron chi connectivity index (χ1n) is 13.5. The summed E-state index contributed by atoms with van der Waals surface area (Å²) in [5.41, 5.74) is 1.04. The smallest absolute Gasteiger partial charge is 0.261 e. The Balaban J connectivity index is 2.19. The van der Waals surface area contributed by atoms with Crippen molar-refractivity contribution in [1.29, 1.82) is 0 Å². The number of hydrogen-bond donors (Lipinski definition) is 1. The van der Waals surface area contributed by atoms with Gasteiger partial charge >= 0.3 is 0 Å². The maximum atomic E-state index is 12.9. The van der Waals surface area contributed by atoms with Crippen LogP contribution in [0.1, 0.15) is 46.1 Å². The molecule has 0 heterocycles. The molecule has 5 nitrogen and oxygen atoms in total. The summed E-state index contributed by atoms with van der Waals surface area (Å²) in [5.74, 6) is 0.573. The van der Waals surface area contributed by atoms with E-state index in [1.807, 2.05) is 67.6 Å². The Labute approximate surface area is 236 Å². The van der Waals surface area contributed by atoms with Crippen LogP contribution in [0.2, 0.25) is 5.04 Å². The van der Waals surface area contributed by atoms with Crippen LogP contribution in [0, 0.1) is 5.92 Å². The van der Waals surface area contributed by atoms with Gasteiger partial charge in [0, 0.05) is 0 Å². The number of benzene rings is 3. The van der Waals surface area contributed by atoms with E-state index in [4.69, 9.17) is 14.3 Å². The normalized spacial score (nSPS) is 14.8. The van der Waals surface area contributed by atoms with Crippen LogP contribution in [0.3, 0.4) is 0 Å². The maximum absolute atomic E-state index is 12.9. The van der Waals surface area contributed by atoms with Crippen molar-refractivity contribution in [1.82, 2.24) is 0 Å². The molecule has 3 atom stereocenters. The second-order valence-electron chi connectivity index (χ2n) is 11.3. The first-order valence-corrected chi connectivity index (χ1v) is 17.0. The molecule has 0 aliphatic carbocycles. The Morgan fingerprint density at radius 1 is 0.923 bits per heavy atom. The number of nitrogens with two attached hydrogens (primary N) is 1. The number of hydrogen-bond acceptors (Lipinski definition) is 4. The molecular formula is C32H43NO4SSi. The summed E-state index contributed by atoms with van der Waals surface area (Å²) in [6, 6.07) is 28.7. The maximum Gasteiger partial charge on any atom is 0.261 e. The molecule has 0 amide bonds. The van der Waals surface area contributed by atoms with Gasteiger partial charge in [-0.05, 0) is 58.3 Å². The molecule has 0 aliphatic rings. The van der Waals surface area contributed by atoms with E-state index in [-0.39, 0.29) is 17.4 Å². The molecule has 3 aromatic carbocycles. The molecule has 3 unspecified atom stereocenters. The molecule has 3 aromatic rings. The third-order valence-electron chi connectivity index (χ3n) is 7.47. The lowest BCUT2D eigenvalue weighted by molar-refractivity contribution is 0.169. The molecule has 2 N–H and O–H groups in total. The van der Waals surface area contributed by atoms with Gasteiger partial charge in [-0.15, -0.1) is 6.58 Å². The number of sulfonamides is 1. The van der Waals surface area contributed by atoms with Gasteiger partial charge in [0.25, 0.3) is 8.32 Å². The van der Waals surface area contributed by atoms with Gasteiger partial charge in [0.05, 0.1) is 18.5 Å². The molecule has 0 saturated heterocycles. The summed E-state index contributed by atoms with van der Waals surface area (Å²) in [4.78, 5) is 0. The van der Waals surface area contributed by atoms with Crippen molar-refractivity contribution in [2.24, 2.45) is 11.1 Å². The zero-order valence-electron chi connectivity index (χ0n) is 23.8. The molecule has 3 rings (SSSR count). The minimum Gasteiger partial charge on any atom is -0.497 e. The van der Waals surface area contributed by atoms with Gasteiger partial charge in [-0.1, -0.05) is 107 Å². The molecule has 39 heavy (non-hydrogen) atoms.